The number of rotatable bonds is 7. The molecule has 0 aliphatic carbocycles. The third kappa shape index (κ3) is 5.07. The van der Waals surface area contributed by atoms with Gasteiger partial charge in [-0.1, -0.05) is 42.6 Å². The Hall–Kier alpha value is -0.370. The number of nitrogens with one attached hydrogen (secondary N) is 1. The van der Waals surface area contributed by atoms with Gasteiger partial charge in [-0.05, 0) is 37.9 Å². The van der Waals surface area contributed by atoms with Crippen LogP contribution in [0.2, 0.25) is 10.0 Å². The van der Waals surface area contributed by atoms with E-state index in [0.717, 1.165) is 25.8 Å². The van der Waals surface area contributed by atoms with Crippen LogP contribution in [0.4, 0.5) is 0 Å². The fourth-order valence-electron chi connectivity index (χ4n) is 3.07. The number of halogens is 2. The number of hydrogen-bond acceptors (Lipinski definition) is 4. The molecule has 2 N–H and O–H groups in total. The highest BCUT2D eigenvalue weighted by molar-refractivity contribution is 7.89. The Labute approximate surface area is 154 Å². The zero-order chi connectivity index (χ0) is 17.7. The Balaban J connectivity index is 1.95. The maximum Gasteiger partial charge on any atom is 0.242 e. The van der Waals surface area contributed by atoms with Gasteiger partial charge in [0.25, 0.3) is 0 Å². The molecule has 24 heavy (non-hydrogen) atoms. The second-order valence-corrected chi connectivity index (χ2v) is 8.63. The van der Waals surface area contributed by atoms with E-state index in [2.05, 4.69) is 16.5 Å². The molecule has 136 valence electrons. The van der Waals surface area contributed by atoms with Gasteiger partial charge in [0.05, 0.1) is 16.1 Å². The number of aliphatic hydroxyl groups is 1. The SMILES string of the molecule is CC[C@H]1CCCCN1C[C@H](O)CNS(=O)(=O)c1cccc(Cl)c1Cl. The monoisotopic (exact) mass is 394 g/mol. The lowest BCUT2D eigenvalue weighted by Crippen LogP contribution is -2.46. The number of hydrogen-bond donors (Lipinski definition) is 2. The van der Waals surface area contributed by atoms with Gasteiger partial charge in [-0.3, -0.25) is 4.90 Å². The standard InChI is InChI=1S/C16H24Cl2N2O3S/c1-2-12-6-3-4-9-20(12)11-13(21)10-19-24(22,23)15-8-5-7-14(17)16(15)18/h5,7-8,12-13,19,21H,2-4,6,9-11H2,1H3/t12-,13+/m0/s1. The van der Waals surface area contributed by atoms with Crippen molar-refractivity contribution in [1.29, 1.82) is 0 Å². The third-order valence-corrected chi connectivity index (χ3v) is 6.78. The van der Waals surface area contributed by atoms with E-state index in [1.165, 1.54) is 24.6 Å². The average Bonchev–Trinajstić information content (AvgIpc) is 2.56. The van der Waals surface area contributed by atoms with Crippen LogP contribution in [-0.2, 0) is 10.0 Å². The van der Waals surface area contributed by atoms with Crippen LogP contribution in [0.25, 0.3) is 0 Å². The van der Waals surface area contributed by atoms with Gasteiger partial charge in [-0.2, -0.15) is 0 Å². The highest BCUT2D eigenvalue weighted by Gasteiger charge is 2.25. The smallest absolute Gasteiger partial charge is 0.242 e. The predicted molar refractivity (Wildman–Crippen MR) is 97.2 cm³/mol. The zero-order valence-corrected chi connectivity index (χ0v) is 16.0. The van der Waals surface area contributed by atoms with Crippen LogP contribution in [0.15, 0.2) is 23.1 Å². The molecule has 0 bridgehead atoms. The Kier molecular flexibility index (Phi) is 7.34. The molecule has 2 rings (SSSR count). The van der Waals surface area contributed by atoms with Crippen LogP contribution in [0, 0.1) is 0 Å². The van der Waals surface area contributed by atoms with Crippen molar-refractivity contribution < 1.29 is 13.5 Å². The largest absolute Gasteiger partial charge is 0.390 e. The van der Waals surface area contributed by atoms with Crippen LogP contribution in [0.3, 0.4) is 0 Å². The van der Waals surface area contributed by atoms with Crippen LogP contribution in [0.1, 0.15) is 32.6 Å². The van der Waals surface area contributed by atoms with Crippen molar-refractivity contribution in [2.75, 3.05) is 19.6 Å². The molecule has 0 saturated carbocycles. The number of β-amino-alcohol motifs (C(OH)–C–C–N with tert-alkyl or cyclic N) is 1. The van der Waals surface area contributed by atoms with Crippen molar-refractivity contribution in [2.45, 2.75) is 49.6 Å². The molecule has 1 aromatic carbocycles. The second kappa shape index (κ2) is 8.83. The fourth-order valence-corrected chi connectivity index (χ4v) is 4.91. The van der Waals surface area contributed by atoms with Crippen LogP contribution in [-0.4, -0.2) is 50.2 Å². The quantitative estimate of drug-likeness (QED) is 0.745. The summed E-state index contributed by atoms with van der Waals surface area (Å²) in [5.41, 5.74) is 0. The van der Waals surface area contributed by atoms with Gasteiger partial charge in [0.15, 0.2) is 0 Å². The molecule has 2 atom stereocenters. The molecular weight excluding hydrogens is 371 g/mol. The van der Waals surface area contributed by atoms with E-state index >= 15 is 0 Å². The molecule has 1 aliphatic heterocycles. The summed E-state index contributed by atoms with van der Waals surface area (Å²) in [6.45, 7) is 3.49. The minimum absolute atomic E-state index is 0.0109. The van der Waals surface area contributed by atoms with Crippen molar-refractivity contribution in [3.05, 3.63) is 28.2 Å². The molecule has 1 saturated heterocycles. The lowest BCUT2D eigenvalue weighted by molar-refractivity contribution is 0.0683. The summed E-state index contributed by atoms with van der Waals surface area (Å²) in [6.07, 6.45) is 3.73. The summed E-state index contributed by atoms with van der Waals surface area (Å²) in [6, 6.07) is 4.91. The first-order valence-electron chi connectivity index (χ1n) is 8.21. The van der Waals surface area contributed by atoms with E-state index < -0.39 is 16.1 Å². The number of benzene rings is 1. The summed E-state index contributed by atoms with van der Waals surface area (Å²) < 4.78 is 27.1. The minimum atomic E-state index is -3.81. The second-order valence-electron chi connectivity index (χ2n) is 6.11. The lowest BCUT2D eigenvalue weighted by atomic mass is 9.99. The van der Waals surface area contributed by atoms with Gasteiger partial charge in [-0.15, -0.1) is 0 Å². The molecular formula is C16H24Cl2N2O3S. The van der Waals surface area contributed by atoms with Gasteiger partial charge in [0.1, 0.15) is 4.90 Å². The zero-order valence-electron chi connectivity index (χ0n) is 13.7. The van der Waals surface area contributed by atoms with Crippen molar-refractivity contribution in [3.63, 3.8) is 0 Å². The molecule has 8 heteroatoms. The highest BCUT2D eigenvalue weighted by atomic mass is 35.5. The molecule has 0 amide bonds. The number of sulfonamides is 1. The van der Waals surface area contributed by atoms with Crippen LogP contribution in [0.5, 0.6) is 0 Å². The first-order chi connectivity index (χ1) is 11.3. The van der Waals surface area contributed by atoms with Crippen molar-refractivity contribution >= 4 is 33.2 Å². The lowest BCUT2D eigenvalue weighted by Gasteiger charge is -2.36. The van der Waals surface area contributed by atoms with Crippen molar-refractivity contribution in [1.82, 2.24) is 9.62 Å². The van der Waals surface area contributed by atoms with Gasteiger partial charge in [-0.25, -0.2) is 13.1 Å². The first-order valence-corrected chi connectivity index (χ1v) is 10.4. The van der Waals surface area contributed by atoms with Gasteiger partial charge >= 0.3 is 0 Å². The van der Waals surface area contributed by atoms with Crippen molar-refractivity contribution in [3.8, 4) is 0 Å². The normalized spacial score (nSPS) is 20.9. The van der Waals surface area contributed by atoms with Gasteiger partial charge in [0, 0.05) is 19.1 Å². The molecule has 0 unspecified atom stereocenters. The molecule has 1 aliphatic rings. The summed E-state index contributed by atoms with van der Waals surface area (Å²) in [5, 5.41) is 10.4. The third-order valence-electron chi connectivity index (χ3n) is 4.38. The van der Waals surface area contributed by atoms with E-state index in [-0.39, 0.29) is 21.5 Å². The van der Waals surface area contributed by atoms with Crippen molar-refractivity contribution in [2.24, 2.45) is 0 Å². The van der Waals surface area contributed by atoms with Gasteiger partial charge < -0.3 is 5.11 Å². The van der Waals surface area contributed by atoms with Crippen LogP contribution >= 0.6 is 23.2 Å². The van der Waals surface area contributed by atoms with E-state index in [4.69, 9.17) is 23.2 Å². The average molecular weight is 395 g/mol. The van der Waals surface area contributed by atoms with Crippen LogP contribution < -0.4 is 4.72 Å². The van der Waals surface area contributed by atoms with E-state index in [1.54, 1.807) is 0 Å². The molecule has 0 radical (unpaired) electrons. The number of nitrogens with zero attached hydrogens (tertiary/aromatic N) is 1. The molecule has 5 nitrogen and oxygen atoms in total. The summed E-state index contributed by atoms with van der Waals surface area (Å²) in [5.74, 6) is 0. The maximum absolute atomic E-state index is 12.3. The molecule has 0 spiro atoms. The Morgan fingerprint density at radius 1 is 1.38 bits per heavy atom. The molecule has 1 fully saturated rings. The molecule has 1 heterocycles. The topological polar surface area (TPSA) is 69.6 Å². The first kappa shape index (κ1) is 19.9. The summed E-state index contributed by atoms with van der Waals surface area (Å²) in [4.78, 5) is 2.17. The van der Waals surface area contributed by atoms with E-state index in [1.807, 2.05) is 0 Å². The number of likely N-dealkylation sites (tertiary alicyclic amines) is 1. The summed E-state index contributed by atoms with van der Waals surface area (Å²) >= 11 is 11.8. The van der Waals surface area contributed by atoms with Gasteiger partial charge in [0.2, 0.25) is 10.0 Å². The maximum atomic E-state index is 12.3. The fraction of sp³-hybridized carbons (Fsp3) is 0.625. The molecule has 0 aromatic heterocycles. The predicted octanol–water partition coefficient (Wildman–Crippen LogP) is 2.90. The number of aliphatic hydroxyl groups excluding tert-OH is 1. The Morgan fingerprint density at radius 2 is 2.12 bits per heavy atom. The summed E-state index contributed by atoms with van der Waals surface area (Å²) in [7, 11) is -3.81. The Morgan fingerprint density at radius 3 is 2.83 bits per heavy atom. The Bertz CT molecular complexity index is 655. The van der Waals surface area contributed by atoms with E-state index in [9.17, 15) is 13.5 Å². The number of piperidine rings is 1. The minimum Gasteiger partial charge on any atom is -0.390 e. The highest BCUT2D eigenvalue weighted by Crippen LogP contribution is 2.28. The van der Waals surface area contributed by atoms with E-state index in [0.29, 0.717) is 12.6 Å². The molecule has 1 aromatic rings.